The van der Waals surface area contributed by atoms with Crippen LogP contribution in [0, 0.1) is 0 Å². The molecule has 1 aliphatic rings. The zero-order valence-electron chi connectivity index (χ0n) is 12.2. The number of benzene rings is 1. The number of hydrogen-bond acceptors (Lipinski definition) is 3. The maximum atomic E-state index is 12.3. The van der Waals surface area contributed by atoms with Gasteiger partial charge >= 0.3 is 0 Å². The summed E-state index contributed by atoms with van der Waals surface area (Å²) < 4.78 is 0. The molecule has 108 valence electrons. The van der Waals surface area contributed by atoms with Crippen LogP contribution in [0.5, 0.6) is 0 Å². The van der Waals surface area contributed by atoms with Gasteiger partial charge in [0, 0.05) is 12.6 Å². The number of carbonyl (C=O) groups is 2. The van der Waals surface area contributed by atoms with Crippen LogP contribution in [0.1, 0.15) is 53.8 Å². The van der Waals surface area contributed by atoms with Crippen molar-refractivity contribution < 1.29 is 9.59 Å². The molecule has 0 saturated heterocycles. The van der Waals surface area contributed by atoms with Crippen molar-refractivity contribution in [2.24, 2.45) is 0 Å². The second-order valence-corrected chi connectivity index (χ2v) is 5.21. The first kappa shape index (κ1) is 14.7. The molecular formula is C16H22N2O2. The first-order chi connectivity index (χ1) is 9.69. The van der Waals surface area contributed by atoms with Crippen molar-refractivity contribution in [1.29, 1.82) is 0 Å². The average molecular weight is 274 g/mol. The number of imide groups is 1. The van der Waals surface area contributed by atoms with Crippen molar-refractivity contribution in [3.8, 4) is 0 Å². The second kappa shape index (κ2) is 6.66. The Labute approximate surface area is 120 Å². The Bertz CT molecular complexity index is 464. The van der Waals surface area contributed by atoms with Gasteiger partial charge in [0.2, 0.25) is 0 Å². The van der Waals surface area contributed by atoms with E-state index in [4.69, 9.17) is 0 Å². The average Bonchev–Trinajstić information content (AvgIpc) is 2.70. The van der Waals surface area contributed by atoms with E-state index in [1.165, 1.54) is 4.90 Å². The molecule has 2 amide bonds. The van der Waals surface area contributed by atoms with Crippen LogP contribution in [0.25, 0.3) is 0 Å². The minimum Gasteiger partial charge on any atom is -0.312 e. The van der Waals surface area contributed by atoms with E-state index in [0.717, 1.165) is 25.8 Å². The van der Waals surface area contributed by atoms with Gasteiger partial charge in [-0.3, -0.25) is 14.5 Å². The fourth-order valence-electron chi connectivity index (χ4n) is 2.58. The van der Waals surface area contributed by atoms with Crippen LogP contribution in [0.4, 0.5) is 0 Å². The number of fused-ring (bicyclic) bond motifs is 1. The summed E-state index contributed by atoms with van der Waals surface area (Å²) in [5.74, 6) is -0.324. The Balaban J connectivity index is 2.10. The fourth-order valence-corrected chi connectivity index (χ4v) is 2.58. The predicted molar refractivity (Wildman–Crippen MR) is 78.8 cm³/mol. The first-order valence-electron chi connectivity index (χ1n) is 7.37. The van der Waals surface area contributed by atoms with Gasteiger partial charge in [0.05, 0.1) is 11.1 Å². The van der Waals surface area contributed by atoms with Gasteiger partial charge in [-0.15, -0.1) is 0 Å². The fraction of sp³-hybridized carbons (Fsp3) is 0.500. The van der Waals surface area contributed by atoms with Crippen LogP contribution in [0.15, 0.2) is 24.3 Å². The second-order valence-electron chi connectivity index (χ2n) is 5.21. The lowest BCUT2D eigenvalue weighted by molar-refractivity contribution is 0.0636. The number of nitrogens with zero attached hydrogens (tertiary/aromatic N) is 1. The highest BCUT2D eigenvalue weighted by Crippen LogP contribution is 2.22. The van der Waals surface area contributed by atoms with Crippen molar-refractivity contribution in [2.75, 3.05) is 13.1 Å². The highest BCUT2D eigenvalue weighted by atomic mass is 16.2. The molecule has 0 radical (unpaired) electrons. The molecule has 0 saturated carbocycles. The summed E-state index contributed by atoms with van der Waals surface area (Å²) in [4.78, 5) is 26.0. The Hall–Kier alpha value is -1.68. The summed E-state index contributed by atoms with van der Waals surface area (Å²) >= 11 is 0. The van der Waals surface area contributed by atoms with Crippen LogP contribution in [-0.2, 0) is 0 Å². The van der Waals surface area contributed by atoms with E-state index >= 15 is 0 Å². The number of amides is 2. The Morgan fingerprint density at radius 3 is 2.15 bits per heavy atom. The molecule has 0 fully saturated rings. The maximum absolute atomic E-state index is 12.3. The van der Waals surface area contributed by atoms with Crippen LogP contribution >= 0.6 is 0 Å². The van der Waals surface area contributed by atoms with Gasteiger partial charge in [-0.2, -0.15) is 0 Å². The molecule has 0 spiro atoms. The number of rotatable bonds is 7. The molecular weight excluding hydrogens is 252 g/mol. The Kier molecular flexibility index (Phi) is 4.90. The Morgan fingerprint density at radius 1 is 1.05 bits per heavy atom. The molecule has 4 heteroatoms. The van der Waals surface area contributed by atoms with E-state index in [1.807, 2.05) is 0 Å². The zero-order valence-corrected chi connectivity index (χ0v) is 12.2. The molecule has 20 heavy (non-hydrogen) atoms. The summed E-state index contributed by atoms with van der Waals surface area (Å²) in [5.41, 5.74) is 1.06. The lowest BCUT2D eigenvalue weighted by atomic mass is 10.1. The summed E-state index contributed by atoms with van der Waals surface area (Å²) in [6, 6.07) is 7.23. The third-order valence-corrected chi connectivity index (χ3v) is 3.60. The number of nitrogens with one attached hydrogen (secondary N) is 1. The van der Waals surface area contributed by atoms with Gasteiger partial charge in [0.1, 0.15) is 0 Å². The van der Waals surface area contributed by atoms with Crippen molar-refractivity contribution in [3.05, 3.63) is 35.4 Å². The largest absolute Gasteiger partial charge is 0.312 e. The van der Waals surface area contributed by atoms with E-state index in [1.54, 1.807) is 24.3 Å². The molecule has 1 aromatic rings. The lowest BCUT2D eigenvalue weighted by Crippen LogP contribution is -2.43. The molecule has 1 N–H and O–H groups in total. The van der Waals surface area contributed by atoms with Gasteiger partial charge in [-0.05, 0) is 31.5 Å². The Morgan fingerprint density at radius 2 is 1.65 bits per heavy atom. The van der Waals surface area contributed by atoms with Crippen LogP contribution < -0.4 is 5.32 Å². The maximum Gasteiger partial charge on any atom is 0.261 e. The summed E-state index contributed by atoms with van der Waals surface area (Å²) in [5, 5.41) is 3.42. The minimum atomic E-state index is -0.162. The van der Waals surface area contributed by atoms with Crippen LogP contribution in [0.3, 0.4) is 0 Å². The zero-order chi connectivity index (χ0) is 14.5. The third-order valence-electron chi connectivity index (χ3n) is 3.60. The van der Waals surface area contributed by atoms with Gasteiger partial charge in [0.25, 0.3) is 11.8 Å². The minimum absolute atomic E-state index is 0.162. The third kappa shape index (κ3) is 2.90. The number of carbonyl (C=O) groups excluding carboxylic acids is 2. The predicted octanol–water partition coefficient (Wildman–Crippen LogP) is 2.45. The molecule has 1 aromatic carbocycles. The summed E-state index contributed by atoms with van der Waals surface area (Å²) in [6.45, 7) is 5.59. The van der Waals surface area contributed by atoms with Crippen molar-refractivity contribution in [3.63, 3.8) is 0 Å². The topological polar surface area (TPSA) is 49.4 Å². The van der Waals surface area contributed by atoms with E-state index in [-0.39, 0.29) is 17.9 Å². The molecule has 0 aromatic heterocycles. The van der Waals surface area contributed by atoms with E-state index in [2.05, 4.69) is 19.2 Å². The molecule has 2 rings (SSSR count). The summed E-state index contributed by atoms with van der Waals surface area (Å²) in [7, 11) is 0. The van der Waals surface area contributed by atoms with Crippen LogP contribution in [-0.4, -0.2) is 35.8 Å². The first-order valence-corrected chi connectivity index (χ1v) is 7.37. The van der Waals surface area contributed by atoms with Gasteiger partial charge in [-0.1, -0.05) is 32.4 Å². The van der Waals surface area contributed by atoms with E-state index in [9.17, 15) is 9.59 Å². The quantitative estimate of drug-likeness (QED) is 0.777. The van der Waals surface area contributed by atoms with Crippen molar-refractivity contribution >= 4 is 11.8 Å². The normalized spacial score (nSPS) is 15.6. The highest BCUT2D eigenvalue weighted by Gasteiger charge is 2.35. The molecule has 1 aliphatic heterocycles. The van der Waals surface area contributed by atoms with Gasteiger partial charge in [-0.25, -0.2) is 0 Å². The molecule has 1 heterocycles. The smallest absolute Gasteiger partial charge is 0.261 e. The van der Waals surface area contributed by atoms with E-state index < -0.39 is 0 Å². The monoisotopic (exact) mass is 274 g/mol. The molecule has 4 nitrogen and oxygen atoms in total. The molecule has 0 bridgehead atoms. The molecule has 1 unspecified atom stereocenters. The highest BCUT2D eigenvalue weighted by molar-refractivity contribution is 6.21. The molecule has 1 atom stereocenters. The molecule has 0 aliphatic carbocycles. The lowest BCUT2D eigenvalue weighted by Gasteiger charge is -2.23. The van der Waals surface area contributed by atoms with Crippen molar-refractivity contribution in [1.82, 2.24) is 10.2 Å². The SMILES string of the molecule is CCCNC(CCC)CN1C(=O)c2ccccc2C1=O. The van der Waals surface area contributed by atoms with Crippen molar-refractivity contribution in [2.45, 2.75) is 39.2 Å². The van der Waals surface area contributed by atoms with Gasteiger partial charge < -0.3 is 5.32 Å². The van der Waals surface area contributed by atoms with E-state index in [0.29, 0.717) is 17.7 Å². The van der Waals surface area contributed by atoms with Crippen LogP contribution in [0.2, 0.25) is 0 Å². The number of hydrogen-bond donors (Lipinski definition) is 1. The standard InChI is InChI=1S/C16H22N2O2/c1-3-7-12(17-10-4-2)11-18-15(19)13-8-5-6-9-14(13)16(18)20/h5-6,8-9,12,17H,3-4,7,10-11H2,1-2H3. The summed E-state index contributed by atoms with van der Waals surface area (Å²) in [6.07, 6.45) is 3.04. The van der Waals surface area contributed by atoms with Gasteiger partial charge in [0.15, 0.2) is 0 Å².